The fourth-order valence-electron chi connectivity index (χ4n) is 4.52. The number of hydrogen-bond acceptors (Lipinski definition) is 8. The minimum Gasteiger partial charge on any atom is -0.457 e. The highest BCUT2D eigenvalue weighted by Crippen LogP contribution is 2.26. The van der Waals surface area contributed by atoms with Crippen LogP contribution in [0.5, 0.6) is 11.5 Å². The van der Waals surface area contributed by atoms with Crippen molar-refractivity contribution >= 4 is 34.4 Å². The van der Waals surface area contributed by atoms with Crippen LogP contribution in [0.4, 0.5) is 5.82 Å². The number of hydrazone groups is 1. The molecular formula is C33H34N6O3S. The minimum atomic E-state index is -0.234. The molecular weight excluding hydrogens is 560 g/mol. The summed E-state index contributed by atoms with van der Waals surface area (Å²) in [5.41, 5.74) is 2.47. The standard InChI is InChI=1S/C33H34N6O3S/c1-39-33(35-31(41)23-25-13-10-17-28(21-25)42-27-15-6-3-7-16-27)43-32(38-39)18-9-8-14-26-19-20-29(37-36-26)34-30(40)22-24-11-4-2-5-12-24/h2-7,10-13,15-17,19-21,33H,8-9,14,18,22-23H2,1H3,(H,35,41)(H,34,37,40). The van der Waals surface area contributed by atoms with E-state index in [9.17, 15) is 9.59 Å². The molecule has 5 rings (SSSR count). The highest BCUT2D eigenvalue weighted by Gasteiger charge is 2.25. The molecule has 43 heavy (non-hydrogen) atoms. The van der Waals surface area contributed by atoms with E-state index >= 15 is 0 Å². The van der Waals surface area contributed by atoms with Crippen molar-refractivity contribution in [3.05, 3.63) is 114 Å². The number of carbonyl (C=O) groups excluding carboxylic acids is 2. The van der Waals surface area contributed by atoms with Crippen LogP contribution in [0.25, 0.3) is 0 Å². The molecule has 0 spiro atoms. The van der Waals surface area contributed by atoms with Crippen LogP contribution in [0, 0.1) is 0 Å². The maximum Gasteiger partial charge on any atom is 0.229 e. The van der Waals surface area contributed by atoms with Crippen molar-refractivity contribution in [2.75, 3.05) is 12.4 Å². The van der Waals surface area contributed by atoms with Gasteiger partial charge in [0.2, 0.25) is 11.8 Å². The molecule has 2 heterocycles. The van der Waals surface area contributed by atoms with Crippen molar-refractivity contribution in [3.63, 3.8) is 0 Å². The zero-order chi connectivity index (χ0) is 29.9. The largest absolute Gasteiger partial charge is 0.457 e. The number of nitrogens with one attached hydrogen (secondary N) is 2. The molecule has 0 radical (unpaired) electrons. The Morgan fingerprint density at radius 2 is 1.49 bits per heavy atom. The lowest BCUT2D eigenvalue weighted by atomic mass is 10.1. The molecule has 2 N–H and O–H groups in total. The van der Waals surface area contributed by atoms with E-state index < -0.39 is 0 Å². The number of thioether (sulfide) groups is 1. The van der Waals surface area contributed by atoms with E-state index in [-0.39, 0.29) is 23.7 Å². The lowest BCUT2D eigenvalue weighted by Crippen LogP contribution is -2.40. The smallest absolute Gasteiger partial charge is 0.229 e. The Morgan fingerprint density at radius 1 is 0.791 bits per heavy atom. The third-order valence-corrected chi connectivity index (χ3v) is 7.86. The van der Waals surface area contributed by atoms with Gasteiger partial charge in [0.15, 0.2) is 11.3 Å². The number of ether oxygens (including phenoxy) is 1. The first-order chi connectivity index (χ1) is 21.0. The summed E-state index contributed by atoms with van der Waals surface area (Å²) < 4.78 is 5.89. The molecule has 3 aromatic carbocycles. The zero-order valence-corrected chi connectivity index (χ0v) is 24.8. The average Bonchev–Trinajstić information content (AvgIpc) is 3.35. The van der Waals surface area contributed by atoms with Gasteiger partial charge in [0.1, 0.15) is 11.5 Å². The fraction of sp³-hybridized carbons (Fsp3) is 0.242. The summed E-state index contributed by atoms with van der Waals surface area (Å²) in [7, 11) is 1.87. The molecule has 1 unspecified atom stereocenters. The van der Waals surface area contributed by atoms with Crippen LogP contribution in [0.2, 0.25) is 0 Å². The van der Waals surface area contributed by atoms with Crippen molar-refractivity contribution in [2.45, 2.75) is 44.0 Å². The monoisotopic (exact) mass is 594 g/mol. The van der Waals surface area contributed by atoms with E-state index in [2.05, 4.69) is 25.9 Å². The average molecular weight is 595 g/mol. The molecule has 2 amide bonds. The summed E-state index contributed by atoms with van der Waals surface area (Å²) in [6, 6.07) is 30.4. The van der Waals surface area contributed by atoms with Gasteiger partial charge in [0, 0.05) is 7.05 Å². The molecule has 9 nitrogen and oxygen atoms in total. The number of nitrogens with zero attached hydrogens (tertiary/aromatic N) is 4. The van der Waals surface area contributed by atoms with Gasteiger partial charge >= 0.3 is 0 Å². The third-order valence-electron chi connectivity index (χ3n) is 6.65. The van der Waals surface area contributed by atoms with Gasteiger partial charge in [-0.05, 0) is 73.2 Å². The lowest BCUT2D eigenvalue weighted by Gasteiger charge is -2.19. The van der Waals surface area contributed by atoms with E-state index in [4.69, 9.17) is 4.74 Å². The maximum atomic E-state index is 12.8. The van der Waals surface area contributed by atoms with Crippen molar-refractivity contribution in [2.24, 2.45) is 5.10 Å². The number of aryl methyl sites for hydroxylation is 1. The number of benzene rings is 3. The van der Waals surface area contributed by atoms with Gasteiger partial charge in [-0.3, -0.25) is 14.6 Å². The van der Waals surface area contributed by atoms with Crippen molar-refractivity contribution in [1.29, 1.82) is 0 Å². The Labute approximate surface area is 255 Å². The van der Waals surface area contributed by atoms with Crippen molar-refractivity contribution < 1.29 is 14.3 Å². The Morgan fingerprint density at radius 3 is 2.26 bits per heavy atom. The van der Waals surface area contributed by atoms with Crippen LogP contribution in [-0.2, 0) is 28.9 Å². The number of para-hydroxylation sites is 1. The predicted octanol–water partition coefficient (Wildman–Crippen LogP) is 5.80. The highest BCUT2D eigenvalue weighted by molar-refractivity contribution is 8.14. The number of hydrogen-bond donors (Lipinski definition) is 2. The Kier molecular flexibility index (Phi) is 10.4. The van der Waals surface area contributed by atoms with Gasteiger partial charge in [-0.15, -0.1) is 5.10 Å². The van der Waals surface area contributed by atoms with Gasteiger partial charge < -0.3 is 15.4 Å². The molecule has 0 fully saturated rings. The number of unbranched alkanes of at least 4 members (excludes halogenated alkanes) is 1. The summed E-state index contributed by atoms with van der Waals surface area (Å²) >= 11 is 1.57. The summed E-state index contributed by atoms with van der Waals surface area (Å²) in [6.45, 7) is 0. The Bertz CT molecular complexity index is 1530. The first-order valence-electron chi connectivity index (χ1n) is 14.2. The summed E-state index contributed by atoms with van der Waals surface area (Å²) in [6.07, 6.45) is 4.02. The number of rotatable bonds is 13. The van der Waals surface area contributed by atoms with Crippen LogP contribution in [-0.4, -0.2) is 44.6 Å². The number of amides is 2. The van der Waals surface area contributed by atoms with E-state index in [0.717, 1.165) is 53.3 Å². The molecule has 1 aromatic heterocycles. The molecule has 10 heteroatoms. The third kappa shape index (κ3) is 9.40. The quantitative estimate of drug-likeness (QED) is 0.188. The summed E-state index contributed by atoms with van der Waals surface area (Å²) in [4.78, 5) is 25.0. The van der Waals surface area contributed by atoms with Crippen molar-refractivity contribution in [3.8, 4) is 11.5 Å². The molecule has 1 aliphatic heterocycles. The predicted molar refractivity (Wildman–Crippen MR) is 170 cm³/mol. The first-order valence-corrected chi connectivity index (χ1v) is 15.1. The maximum absolute atomic E-state index is 12.8. The highest BCUT2D eigenvalue weighted by atomic mass is 32.2. The summed E-state index contributed by atoms with van der Waals surface area (Å²) in [5, 5.41) is 21.7. The zero-order valence-electron chi connectivity index (χ0n) is 24.0. The van der Waals surface area contributed by atoms with Crippen molar-refractivity contribution in [1.82, 2.24) is 20.5 Å². The van der Waals surface area contributed by atoms with Crippen LogP contribution < -0.4 is 15.4 Å². The van der Waals surface area contributed by atoms with E-state index in [1.54, 1.807) is 22.8 Å². The second-order valence-corrected chi connectivity index (χ2v) is 11.3. The number of anilines is 1. The topological polar surface area (TPSA) is 109 Å². The van der Waals surface area contributed by atoms with E-state index in [1.807, 2.05) is 98.0 Å². The number of aromatic nitrogens is 2. The molecule has 0 saturated carbocycles. The molecule has 4 aromatic rings. The second-order valence-electron chi connectivity index (χ2n) is 10.2. The van der Waals surface area contributed by atoms with Crippen LogP contribution >= 0.6 is 11.8 Å². The van der Waals surface area contributed by atoms with Crippen LogP contribution in [0.3, 0.4) is 0 Å². The molecule has 220 valence electrons. The minimum absolute atomic E-state index is 0.0732. The Balaban J connectivity index is 0.995. The van der Waals surface area contributed by atoms with Gasteiger partial charge in [-0.2, -0.15) is 10.2 Å². The Hall–Kier alpha value is -4.70. The lowest BCUT2D eigenvalue weighted by molar-refractivity contribution is -0.121. The molecule has 0 saturated heterocycles. The van der Waals surface area contributed by atoms with Gasteiger partial charge in [-0.25, -0.2) is 0 Å². The second kappa shape index (κ2) is 15.0. The van der Waals surface area contributed by atoms with E-state index in [1.165, 1.54) is 0 Å². The molecule has 1 atom stereocenters. The normalized spacial score (nSPS) is 14.2. The first kappa shape index (κ1) is 29.8. The molecule has 1 aliphatic rings. The fourth-order valence-corrected chi connectivity index (χ4v) is 5.60. The van der Waals surface area contributed by atoms with Gasteiger partial charge in [-0.1, -0.05) is 72.4 Å². The molecule has 0 bridgehead atoms. The van der Waals surface area contributed by atoms with Gasteiger partial charge in [0.25, 0.3) is 0 Å². The SMILES string of the molecule is CN1N=C(CCCCc2ccc(NC(=O)Cc3ccccc3)nn2)SC1NC(=O)Cc1cccc(Oc2ccccc2)c1. The van der Waals surface area contributed by atoms with Crippen LogP contribution in [0.15, 0.2) is 102 Å². The van der Waals surface area contributed by atoms with E-state index in [0.29, 0.717) is 18.0 Å². The number of carbonyl (C=O) groups is 2. The molecule has 0 aliphatic carbocycles. The van der Waals surface area contributed by atoms with Gasteiger partial charge in [0.05, 0.1) is 23.6 Å². The summed E-state index contributed by atoms with van der Waals surface area (Å²) in [5.74, 6) is 1.71. The van der Waals surface area contributed by atoms with Crippen LogP contribution in [0.1, 0.15) is 36.1 Å².